The fourth-order valence-corrected chi connectivity index (χ4v) is 6.29. The van der Waals surface area contributed by atoms with Gasteiger partial charge in [0.25, 0.3) is 0 Å². The van der Waals surface area contributed by atoms with Gasteiger partial charge in [0.2, 0.25) is 0 Å². The third kappa shape index (κ3) is 6.40. The quantitative estimate of drug-likeness (QED) is 0.330. The van der Waals surface area contributed by atoms with Gasteiger partial charge in [-0.15, -0.1) is 5.10 Å². The van der Waals surface area contributed by atoms with E-state index in [1.807, 2.05) is 40.7 Å². The molecule has 1 saturated heterocycles. The number of carbonyl (C=O) groups is 1. The second kappa shape index (κ2) is 11.5. The van der Waals surface area contributed by atoms with Crippen LogP contribution in [0.5, 0.6) is 0 Å². The molecule has 8 nitrogen and oxygen atoms in total. The fraction of sp³-hybridized carbons (Fsp3) is 0.515. The van der Waals surface area contributed by atoms with Crippen LogP contribution in [0.25, 0.3) is 11.1 Å². The average molecular weight is 592 g/mol. The molecule has 0 saturated carbocycles. The van der Waals surface area contributed by atoms with Crippen LogP contribution in [0.2, 0.25) is 5.02 Å². The summed E-state index contributed by atoms with van der Waals surface area (Å²) in [5.41, 5.74) is 7.32. The summed E-state index contributed by atoms with van der Waals surface area (Å²) in [4.78, 5) is 22.3. The van der Waals surface area contributed by atoms with Gasteiger partial charge < -0.3 is 19.6 Å². The molecule has 0 amide bonds. The third-order valence-electron chi connectivity index (χ3n) is 8.41. The van der Waals surface area contributed by atoms with Crippen molar-refractivity contribution in [2.45, 2.75) is 86.0 Å². The predicted octanol–water partition coefficient (Wildman–Crippen LogP) is 6.94. The van der Waals surface area contributed by atoms with Crippen LogP contribution < -0.4 is 9.80 Å². The molecule has 0 bridgehead atoms. The summed E-state index contributed by atoms with van der Waals surface area (Å²) in [6.45, 7) is 17.4. The Labute approximate surface area is 254 Å². The molecular formula is C33H42ClN5O3. The van der Waals surface area contributed by atoms with E-state index in [4.69, 9.17) is 21.3 Å². The maximum atomic E-state index is 12.8. The number of hydrogen-bond acceptors (Lipinski definition) is 7. The zero-order valence-electron chi connectivity index (χ0n) is 25.8. The normalized spacial score (nSPS) is 17.6. The van der Waals surface area contributed by atoms with Crippen molar-refractivity contribution in [3.63, 3.8) is 0 Å². The number of nitrogens with zero attached hydrogens (tertiary/aromatic N) is 5. The molecule has 5 rings (SSSR count). The molecule has 2 aliphatic rings. The number of carboxylic acid groups (broad SMARTS) is 1. The minimum Gasteiger partial charge on any atom is -0.479 e. The first-order chi connectivity index (χ1) is 19.7. The topological polar surface area (TPSA) is 91.7 Å². The highest BCUT2D eigenvalue weighted by atomic mass is 35.5. The molecule has 42 heavy (non-hydrogen) atoms. The van der Waals surface area contributed by atoms with Gasteiger partial charge in [0, 0.05) is 54.8 Å². The molecule has 0 aliphatic carbocycles. The van der Waals surface area contributed by atoms with Crippen LogP contribution in [0.1, 0.15) is 81.6 Å². The molecule has 0 unspecified atom stereocenters. The van der Waals surface area contributed by atoms with Crippen LogP contribution in [0.4, 0.5) is 11.5 Å². The number of pyridine rings is 1. The molecule has 4 heterocycles. The first-order valence-corrected chi connectivity index (χ1v) is 15.1. The van der Waals surface area contributed by atoms with Crippen molar-refractivity contribution in [3.05, 3.63) is 63.6 Å². The zero-order chi connectivity index (χ0) is 30.4. The fourth-order valence-electron chi connectivity index (χ4n) is 6.15. The van der Waals surface area contributed by atoms with Gasteiger partial charge in [-0.3, -0.25) is 4.98 Å². The molecule has 1 fully saturated rings. The Morgan fingerprint density at radius 3 is 2.40 bits per heavy atom. The van der Waals surface area contributed by atoms with Crippen molar-refractivity contribution in [3.8, 4) is 11.1 Å². The molecule has 224 valence electrons. The van der Waals surface area contributed by atoms with Crippen molar-refractivity contribution < 1.29 is 14.6 Å². The zero-order valence-corrected chi connectivity index (χ0v) is 26.5. The second-order valence-electron chi connectivity index (χ2n) is 13.4. The van der Waals surface area contributed by atoms with Crippen LogP contribution in [0.15, 0.2) is 30.5 Å². The van der Waals surface area contributed by atoms with Crippen molar-refractivity contribution in [1.82, 2.24) is 15.2 Å². The third-order valence-corrected chi connectivity index (χ3v) is 8.62. The number of halogens is 1. The standard InChI is InChI=1S/C33H42ClN5O3/c1-20-27(23-8-9-24-19-39(13-10-22(24)16-23)26-17-25(34)18-35-37-26)29(38-14-11-33(6,7)12-15-38)28(21(2)36-20)30(31(40)41)42-32(3,4)5/h8-9,16-18,30H,10-15,19H2,1-7H3,(H,40,41)/t30-/m0/s1. The highest BCUT2D eigenvalue weighted by Crippen LogP contribution is 2.45. The van der Waals surface area contributed by atoms with Crippen molar-refractivity contribution >= 4 is 29.1 Å². The second-order valence-corrected chi connectivity index (χ2v) is 13.8. The van der Waals surface area contributed by atoms with Gasteiger partial charge in [-0.05, 0) is 76.0 Å². The minimum atomic E-state index is -1.13. The highest BCUT2D eigenvalue weighted by molar-refractivity contribution is 6.30. The van der Waals surface area contributed by atoms with Crippen LogP contribution in [0.3, 0.4) is 0 Å². The number of piperidine rings is 1. The van der Waals surface area contributed by atoms with Gasteiger partial charge in [-0.2, -0.15) is 5.10 Å². The average Bonchev–Trinajstić information content (AvgIpc) is 2.90. The Balaban J connectivity index is 1.62. The number of anilines is 2. The number of rotatable bonds is 6. The Morgan fingerprint density at radius 1 is 1.05 bits per heavy atom. The van der Waals surface area contributed by atoms with Crippen molar-refractivity contribution in [2.75, 3.05) is 29.4 Å². The van der Waals surface area contributed by atoms with E-state index in [9.17, 15) is 9.90 Å². The summed E-state index contributed by atoms with van der Waals surface area (Å²) in [6.07, 6.45) is 3.31. The molecule has 1 N–H and O–H groups in total. The molecule has 2 aromatic heterocycles. The van der Waals surface area contributed by atoms with E-state index in [2.05, 4.69) is 52.0 Å². The first kappa shape index (κ1) is 30.2. The van der Waals surface area contributed by atoms with E-state index < -0.39 is 17.7 Å². The van der Waals surface area contributed by atoms with Crippen molar-refractivity contribution in [2.24, 2.45) is 5.41 Å². The van der Waals surface area contributed by atoms with Crippen LogP contribution >= 0.6 is 11.6 Å². The summed E-state index contributed by atoms with van der Waals surface area (Å²) < 4.78 is 6.23. The van der Waals surface area contributed by atoms with E-state index in [1.165, 1.54) is 11.1 Å². The molecule has 1 aromatic carbocycles. The van der Waals surface area contributed by atoms with Gasteiger partial charge in [0.05, 0.1) is 22.5 Å². The molecule has 9 heteroatoms. The maximum absolute atomic E-state index is 12.8. The highest BCUT2D eigenvalue weighted by Gasteiger charge is 2.36. The summed E-state index contributed by atoms with van der Waals surface area (Å²) in [6, 6.07) is 8.43. The van der Waals surface area contributed by atoms with E-state index in [0.29, 0.717) is 16.3 Å². The van der Waals surface area contributed by atoms with Gasteiger partial charge in [0.1, 0.15) is 0 Å². The SMILES string of the molecule is Cc1nc(C)c([C@H](OC(C)(C)C)C(=O)O)c(N2CCC(C)(C)CC2)c1-c1ccc2c(c1)CCN(c1cc(Cl)cnn1)C2. The Bertz CT molecular complexity index is 1490. The Morgan fingerprint density at radius 2 is 1.76 bits per heavy atom. The number of ether oxygens (including phenoxy) is 1. The van der Waals surface area contributed by atoms with E-state index >= 15 is 0 Å². The predicted molar refractivity (Wildman–Crippen MR) is 167 cm³/mol. The number of aryl methyl sites for hydroxylation is 2. The van der Waals surface area contributed by atoms with Crippen molar-refractivity contribution in [1.29, 1.82) is 0 Å². The largest absolute Gasteiger partial charge is 0.479 e. The molecule has 1 atom stereocenters. The minimum absolute atomic E-state index is 0.243. The number of carboxylic acids is 1. The van der Waals surface area contributed by atoms with Crippen LogP contribution in [-0.2, 0) is 22.5 Å². The monoisotopic (exact) mass is 591 g/mol. The van der Waals surface area contributed by atoms with Gasteiger partial charge in [0.15, 0.2) is 11.9 Å². The van der Waals surface area contributed by atoms with E-state index in [1.54, 1.807) is 6.20 Å². The lowest BCUT2D eigenvalue weighted by molar-refractivity contribution is -0.160. The van der Waals surface area contributed by atoms with Gasteiger partial charge in [-0.25, -0.2) is 4.79 Å². The molecule has 3 aromatic rings. The summed E-state index contributed by atoms with van der Waals surface area (Å²) in [5, 5.41) is 19.3. The number of aliphatic carboxylic acids is 1. The number of benzene rings is 1. The molecule has 2 aliphatic heterocycles. The van der Waals surface area contributed by atoms with E-state index in [-0.39, 0.29) is 5.41 Å². The summed E-state index contributed by atoms with van der Waals surface area (Å²) >= 11 is 6.18. The lowest BCUT2D eigenvalue weighted by Crippen LogP contribution is -2.39. The lowest BCUT2D eigenvalue weighted by Gasteiger charge is -2.41. The first-order valence-electron chi connectivity index (χ1n) is 14.7. The van der Waals surface area contributed by atoms with Gasteiger partial charge >= 0.3 is 5.97 Å². The number of hydrogen-bond donors (Lipinski definition) is 1. The van der Waals surface area contributed by atoms with Crippen LogP contribution in [-0.4, -0.2) is 51.5 Å². The Hall–Kier alpha value is -3.23. The molecule has 0 radical (unpaired) electrons. The molecular weight excluding hydrogens is 550 g/mol. The van der Waals surface area contributed by atoms with Crippen LogP contribution in [0, 0.1) is 19.3 Å². The van der Waals surface area contributed by atoms with Gasteiger partial charge in [-0.1, -0.05) is 43.6 Å². The summed E-state index contributed by atoms with van der Waals surface area (Å²) in [5.74, 6) is -0.229. The summed E-state index contributed by atoms with van der Waals surface area (Å²) in [7, 11) is 0. The van der Waals surface area contributed by atoms with E-state index in [0.717, 1.165) is 73.8 Å². The maximum Gasteiger partial charge on any atom is 0.337 e. The number of aromatic nitrogens is 3. The smallest absolute Gasteiger partial charge is 0.337 e. The molecule has 0 spiro atoms. The Kier molecular flexibility index (Phi) is 8.25. The lowest BCUT2D eigenvalue weighted by atomic mass is 9.81. The number of fused-ring (bicyclic) bond motifs is 1.